The number of imidazole rings is 1. The van der Waals surface area contributed by atoms with E-state index < -0.39 is 5.69 Å². The van der Waals surface area contributed by atoms with Gasteiger partial charge < -0.3 is 14.8 Å². The SMILES string of the molecule is CC(=O)c1ccc(Oc2nc(=NC3CC3)n3ncc(=Cc4[nH]c(=O)[nH]c4O)c3n2)cc1. The molecule has 0 radical (unpaired) electrons. The van der Waals surface area contributed by atoms with Gasteiger partial charge >= 0.3 is 11.7 Å². The summed E-state index contributed by atoms with van der Waals surface area (Å²) in [5, 5.41) is 14.7. The monoisotopic (exact) mass is 419 g/mol. The molecule has 0 spiro atoms. The van der Waals surface area contributed by atoms with Crippen molar-refractivity contribution >= 4 is 17.5 Å². The van der Waals surface area contributed by atoms with Crippen molar-refractivity contribution in [3.63, 3.8) is 0 Å². The number of aromatic nitrogens is 6. The molecule has 1 saturated carbocycles. The molecule has 0 amide bonds. The Kier molecular flexibility index (Phi) is 4.35. The van der Waals surface area contributed by atoms with E-state index in [2.05, 4.69) is 30.0 Å². The van der Waals surface area contributed by atoms with Gasteiger partial charge in [-0.3, -0.25) is 9.78 Å². The first-order chi connectivity index (χ1) is 15.0. The maximum absolute atomic E-state index is 11.5. The molecule has 1 aromatic carbocycles. The van der Waals surface area contributed by atoms with Crippen LogP contribution in [0.4, 0.5) is 0 Å². The van der Waals surface area contributed by atoms with Crippen LogP contribution in [0.5, 0.6) is 17.6 Å². The van der Waals surface area contributed by atoms with Crippen LogP contribution in [0.1, 0.15) is 35.8 Å². The number of nitrogens with zero attached hydrogens (tertiary/aromatic N) is 5. The van der Waals surface area contributed by atoms with Crippen molar-refractivity contribution in [2.75, 3.05) is 0 Å². The van der Waals surface area contributed by atoms with Crippen molar-refractivity contribution in [2.24, 2.45) is 4.99 Å². The van der Waals surface area contributed by atoms with Gasteiger partial charge in [0.2, 0.25) is 5.88 Å². The average molecular weight is 419 g/mol. The number of H-pyrrole nitrogens is 2. The van der Waals surface area contributed by atoms with E-state index in [1.807, 2.05) is 0 Å². The maximum atomic E-state index is 11.5. The fourth-order valence-electron chi connectivity index (χ4n) is 2.97. The van der Waals surface area contributed by atoms with E-state index in [1.165, 1.54) is 23.7 Å². The molecule has 31 heavy (non-hydrogen) atoms. The van der Waals surface area contributed by atoms with Gasteiger partial charge in [0.1, 0.15) is 11.4 Å². The molecule has 1 aliphatic rings. The molecule has 3 N–H and O–H groups in total. The Morgan fingerprint density at radius 2 is 2.03 bits per heavy atom. The lowest BCUT2D eigenvalue weighted by Gasteiger charge is -2.05. The first-order valence-corrected chi connectivity index (χ1v) is 9.58. The topological polar surface area (TPSA) is 151 Å². The Hall–Kier alpha value is -4.28. The van der Waals surface area contributed by atoms with Gasteiger partial charge in [-0.15, -0.1) is 0 Å². The van der Waals surface area contributed by atoms with E-state index in [0.717, 1.165) is 12.8 Å². The molecule has 4 aromatic rings. The molecule has 1 aliphatic carbocycles. The molecule has 0 unspecified atom stereocenters. The van der Waals surface area contributed by atoms with E-state index in [0.29, 0.717) is 27.8 Å². The van der Waals surface area contributed by atoms with Crippen LogP contribution in [-0.4, -0.2) is 46.5 Å². The molecule has 3 heterocycles. The number of nitrogens with one attached hydrogen (secondary N) is 2. The van der Waals surface area contributed by atoms with Crippen LogP contribution in [0.25, 0.3) is 11.7 Å². The summed E-state index contributed by atoms with van der Waals surface area (Å²) >= 11 is 0. The molecule has 11 nitrogen and oxygen atoms in total. The van der Waals surface area contributed by atoms with Crippen LogP contribution in [0.15, 0.2) is 40.2 Å². The minimum atomic E-state index is -0.530. The average Bonchev–Trinajstić information content (AvgIpc) is 3.37. The Morgan fingerprint density at radius 1 is 1.26 bits per heavy atom. The van der Waals surface area contributed by atoms with Crippen LogP contribution in [0.2, 0.25) is 0 Å². The number of hydrogen-bond acceptors (Lipinski definition) is 8. The number of benzene rings is 1. The summed E-state index contributed by atoms with van der Waals surface area (Å²) in [4.78, 5) is 41.0. The Bertz CT molecular complexity index is 1480. The Labute approximate surface area is 173 Å². The van der Waals surface area contributed by atoms with Crippen LogP contribution in [0.3, 0.4) is 0 Å². The van der Waals surface area contributed by atoms with Crippen LogP contribution in [-0.2, 0) is 0 Å². The number of aromatic hydroxyl groups is 1. The summed E-state index contributed by atoms with van der Waals surface area (Å²) in [6, 6.07) is 6.89. The number of Topliss-reactive ketones (excluding diaryl/α,β-unsaturated/α-hetero) is 1. The van der Waals surface area contributed by atoms with E-state index in [9.17, 15) is 14.7 Å². The summed E-state index contributed by atoms with van der Waals surface area (Å²) < 4.78 is 7.29. The lowest BCUT2D eigenvalue weighted by molar-refractivity contribution is 0.101. The smallest absolute Gasteiger partial charge is 0.327 e. The van der Waals surface area contributed by atoms with Gasteiger partial charge in [-0.1, -0.05) is 0 Å². The summed E-state index contributed by atoms with van der Waals surface area (Å²) in [7, 11) is 0. The maximum Gasteiger partial charge on any atom is 0.327 e. The lowest BCUT2D eigenvalue weighted by Crippen LogP contribution is -2.23. The highest BCUT2D eigenvalue weighted by Gasteiger charge is 2.21. The third kappa shape index (κ3) is 3.80. The van der Waals surface area contributed by atoms with Gasteiger partial charge in [0.15, 0.2) is 11.4 Å². The predicted octanol–water partition coefficient (Wildman–Crippen LogP) is 0.452. The molecule has 0 aliphatic heterocycles. The minimum absolute atomic E-state index is 0.0415. The van der Waals surface area contributed by atoms with Gasteiger partial charge in [-0.2, -0.15) is 19.6 Å². The van der Waals surface area contributed by atoms with Gasteiger partial charge in [0, 0.05) is 10.8 Å². The summed E-state index contributed by atoms with van der Waals surface area (Å²) in [6.45, 7) is 1.49. The van der Waals surface area contributed by atoms with Crippen molar-refractivity contribution in [1.29, 1.82) is 0 Å². The molecule has 1 fully saturated rings. The van der Waals surface area contributed by atoms with E-state index in [4.69, 9.17) is 4.74 Å². The fourth-order valence-corrected chi connectivity index (χ4v) is 2.97. The zero-order valence-electron chi connectivity index (χ0n) is 16.4. The van der Waals surface area contributed by atoms with Gasteiger partial charge in [0.25, 0.3) is 5.62 Å². The van der Waals surface area contributed by atoms with Crippen molar-refractivity contribution < 1.29 is 14.6 Å². The largest absolute Gasteiger partial charge is 0.493 e. The van der Waals surface area contributed by atoms with Crippen LogP contribution < -0.4 is 21.3 Å². The number of ether oxygens (including phenoxy) is 1. The van der Waals surface area contributed by atoms with Crippen molar-refractivity contribution in [3.05, 3.63) is 63.0 Å². The van der Waals surface area contributed by atoms with Crippen molar-refractivity contribution in [3.8, 4) is 17.6 Å². The number of aromatic amines is 2. The summed E-state index contributed by atoms with van der Waals surface area (Å²) in [6.07, 6.45) is 5.03. The second-order valence-corrected chi connectivity index (χ2v) is 7.17. The van der Waals surface area contributed by atoms with Gasteiger partial charge in [-0.25, -0.2) is 9.79 Å². The highest BCUT2D eigenvalue weighted by atomic mass is 16.5. The number of carbonyl (C=O) groups excluding carboxylic acids is 1. The highest BCUT2D eigenvalue weighted by molar-refractivity contribution is 5.94. The van der Waals surface area contributed by atoms with E-state index in [-0.39, 0.29) is 29.4 Å². The molecule has 5 rings (SSSR count). The normalized spacial score (nSPS) is 15.0. The van der Waals surface area contributed by atoms with Crippen LogP contribution in [0, 0.1) is 0 Å². The lowest BCUT2D eigenvalue weighted by atomic mass is 10.1. The Morgan fingerprint density at radius 3 is 2.68 bits per heavy atom. The van der Waals surface area contributed by atoms with Crippen molar-refractivity contribution in [2.45, 2.75) is 25.8 Å². The molecular weight excluding hydrogens is 402 g/mol. The van der Waals surface area contributed by atoms with Gasteiger partial charge in [-0.05, 0) is 50.1 Å². The minimum Gasteiger partial charge on any atom is -0.493 e. The second-order valence-electron chi connectivity index (χ2n) is 7.17. The molecule has 0 atom stereocenters. The second kappa shape index (κ2) is 7.20. The quantitative estimate of drug-likeness (QED) is 0.397. The van der Waals surface area contributed by atoms with Gasteiger partial charge in [0.05, 0.1) is 12.2 Å². The summed E-state index contributed by atoms with van der Waals surface area (Å²) in [5.41, 5.74) is 0.973. The summed E-state index contributed by atoms with van der Waals surface area (Å²) in [5.74, 6) is 0.132. The number of ketones is 1. The number of carbonyl (C=O) groups is 1. The molecule has 0 bridgehead atoms. The predicted molar refractivity (Wildman–Crippen MR) is 108 cm³/mol. The zero-order chi connectivity index (χ0) is 21.5. The molecule has 156 valence electrons. The standard InChI is InChI=1S/C20H17N7O4/c1-10(28)11-2-6-14(7-3-11)31-20-24-16-12(8-15-17(29)25-19(30)23-15)9-21-27(16)18(26-20)22-13-4-5-13/h2-3,6-9,13,29H,4-5H2,1H3,(H2,23,25,30). The number of fused-ring (bicyclic) bond motifs is 1. The molecule has 0 saturated heterocycles. The molecular formula is C20H17N7O4. The Balaban J connectivity index is 1.62. The zero-order valence-corrected chi connectivity index (χ0v) is 16.4. The molecule has 11 heteroatoms. The van der Waals surface area contributed by atoms with Crippen molar-refractivity contribution in [1.82, 2.24) is 29.5 Å². The third-order valence-electron chi connectivity index (χ3n) is 4.71. The third-order valence-corrected chi connectivity index (χ3v) is 4.71. The van der Waals surface area contributed by atoms with E-state index >= 15 is 0 Å². The number of rotatable bonds is 5. The highest BCUT2D eigenvalue weighted by Crippen LogP contribution is 2.22. The molecule has 3 aromatic heterocycles. The number of hydrogen-bond donors (Lipinski definition) is 3. The van der Waals surface area contributed by atoms with Crippen LogP contribution >= 0.6 is 0 Å². The first kappa shape index (κ1) is 18.7. The van der Waals surface area contributed by atoms with E-state index in [1.54, 1.807) is 24.3 Å². The first-order valence-electron chi connectivity index (χ1n) is 9.58. The fraction of sp³-hybridized carbons (Fsp3) is 0.200.